The van der Waals surface area contributed by atoms with Crippen molar-refractivity contribution in [3.05, 3.63) is 96.9 Å². The number of benzene rings is 3. The molecule has 0 spiro atoms. The summed E-state index contributed by atoms with van der Waals surface area (Å²) in [4.78, 5) is 27.2. The first kappa shape index (κ1) is 23.7. The third-order valence-electron chi connectivity index (χ3n) is 4.94. The number of thioether (sulfide) groups is 1. The van der Waals surface area contributed by atoms with E-state index in [1.54, 1.807) is 31.4 Å². The van der Waals surface area contributed by atoms with E-state index in [9.17, 15) is 9.59 Å². The average Bonchev–Trinajstić information content (AvgIpc) is 3.07. The van der Waals surface area contributed by atoms with Gasteiger partial charge in [-0.2, -0.15) is 0 Å². The van der Waals surface area contributed by atoms with Crippen molar-refractivity contribution in [3.8, 4) is 11.5 Å². The van der Waals surface area contributed by atoms with Crippen molar-refractivity contribution in [2.45, 2.75) is 13.2 Å². The van der Waals surface area contributed by atoms with Crippen LogP contribution in [0, 0.1) is 3.57 Å². The first-order valence-electron chi connectivity index (χ1n) is 9.98. The molecule has 1 saturated heterocycles. The molecule has 0 aromatic heterocycles. The van der Waals surface area contributed by atoms with Gasteiger partial charge in [-0.1, -0.05) is 48.0 Å². The molecule has 8 heteroatoms. The van der Waals surface area contributed by atoms with E-state index in [0.29, 0.717) is 33.6 Å². The summed E-state index contributed by atoms with van der Waals surface area (Å²) in [5.74, 6) is 0.713. The Morgan fingerprint density at radius 3 is 2.39 bits per heavy atom. The predicted molar refractivity (Wildman–Crippen MR) is 139 cm³/mol. The predicted octanol–water partition coefficient (Wildman–Crippen LogP) is 6.77. The van der Waals surface area contributed by atoms with Crippen molar-refractivity contribution in [2.75, 3.05) is 7.11 Å². The molecule has 33 heavy (non-hydrogen) atoms. The van der Waals surface area contributed by atoms with E-state index in [4.69, 9.17) is 21.1 Å². The van der Waals surface area contributed by atoms with E-state index < -0.39 is 0 Å². The molecule has 0 atom stereocenters. The molecule has 1 aliphatic rings. The van der Waals surface area contributed by atoms with E-state index >= 15 is 0 Å². The van der Waals surface area contributed by atoms with Gasteiger partial charge in [0.2, 0.25) is 0 Å². The maximum absolute atomic E-state index is 13.0. The molecule has 1 fully saturated rings. The Kier molecular flexibility index (Phi) is 7.62. The standard InChI is InChI=1S/C25H19ClINO4S/c1-31-21-4-2-3-18(23(21)32-15-17-5-9-19(26)10-6-17)13-22-24(29)28(25(30)33-22)14-16-7-11-20(27)12-8-16/h2-13H,14-15H2,1H3/b22-13+. The molecular weight excluding hydrogens is 573 g/mol. The lowest BCUT2D eigenvalue weighted by Crippen LogP contribution is -2.27. The van der Waals surface area contributed by atoms with Gasteiger partial charge in [0.1, 0.15) is 6.61 Å². The zero-order valence-electron chi connectivity index (χ0n) is 17.6. The maximum Gasteiger partial charge on any atom is 0.293 e. The highest BCUT2D eigenvalue weighted by Gasteiger charge is 2.35. The minimum absolute atomic E-state index is 0.233. The van der Waals surface area contributed by atoms with Crippen LogP contribution in [0.4, 0.5) is 4.79 Å². The summed E-state index contributed by atoms with van der Waals surface area (Å²) in [6, 6.07) is 20.5. The minimum Gasteiger partial charge on any atom is -0.493 e. The number of nitrogens with zero attached hydrogens (tertiary/aromatic N) is 1. The first-order chi connectivity index (χ1) is 15.9. The van der Waals surface area contributed by atoms with Crippen LogP contribution in [0.5, 0.6) is 11.5 Å². The summed E-state index contributed by atoms with van der Waals surface area (Å²) < 4.78 is 12.6. The van der Waals surface area contributed by atoms with Crippen molar-refractivity contribution in [1.29, 1.82) is 0 Å². The lowest BCUT2D eigenvalue weighted by molar-refractivity contribution is -0.123. The molecule has 1 heterocycles. The number of halogens is 2. The number of hydrogen-bond donors (Lipinski definition) is 0. The lowest BCUT2D eigenvalue weighted by Gasteiger charge is -2.14. The molecule has 0 aliphatic carbocycles. The Morgan fingerprint density at radius 2 is 1.70 bits per heavy atom. The Balaban J connectivity index is 1.57. The third kappa shape index (κ3) is 5.72. The number of carbonyl (C=O) groups excluding carboxylic acids is 2. The van der Waals surface area contributed by atoms with E-state index in [1.165, 1.54) is 4.90 Å². The second-order valence-corrected chi connectivity index (χ2v) is 9.86. The average molecular weight is 592 g/mol. The molecule has 0 saturated carbocycles. The van der Waals surface area contributed by atoms with E-state index in [2.05, 4.69) is 22.6 Å². The van der Waals surface area contributed by atoms with Gasteiger partial charge in [-0.3, -0.25) is 14.5 Å². The Hall–Kier alpha value is -2.49. The molecule has 0 radical (unpaired) electrons. The van der Waals surface area contributed by atoms with E-state index in [0.717, 1.165) is 26.5 Å². The number of rotatable bonds is 7. The van der Waals surface area contributed by atoms with Gasteiger partial charge in [-0.15, -0.1) is 0 Å². The Labute approximate surface area is 214 Å². The highest BCUT2D eigenvalue weighted by atomic mass is 127. The molecule has 0 bridgehead atoms. The van der Waals surface area contributed by atoms with Crippen LogP contribution in [0.2, 0.25) is 5.02 Å². The second kappa shape index (κ2) is 10.6. The topological polar surface area (TPSA) is 55.8 Å². The zero-order valence-corrected chi connectivity index (χ0v) is 21.3. The zero-order chi connectivity index (χ0) is 23.4. The van der Waals surface area contributed by atoms with Crippen molar-refractivity contribution in [2.24, 2.45) is 0 Å². The van der Waals surface area contributed by atoms with Crippen LogP contribution < -0.4 is 9.47 Å². The SMILES string of the molecule is COc1cccc(/C=C2/SC(=O)N(Cc3ccc(I)cc3)C2=O)c1OCc1ccc(Cl)cc1. The highest BCUT2D eigenvalue weighted by Crippen LogP contribution is 2.38. The molecule has 168 valence electrons. The van der Waals surface area contributed by atoms with Crippen molar-refractivity contribution in [3.63, 3.8) is 0 Å². The number of carbonyl (C=O) groups is 2. The largest absolute Gasteiger partial charge is 0.493 e. The monoisotopic (exact) mass is 591 g/mol. The van der Waals surface area contributed by atoms with Gasteiger partial charge in [0.05, 0.1) is 18.6 Å². The smallest absolute Gasteiger partial charge is 0.293 e. The fraction of sp³-hybridized carbons (Fsp3) is 0.120. The summed E-state index contributed by atoms with van der Waals surface area (Å²) in [6.45, 7) is 0.531. The van der Waals surface area contributed by atoms with Crippen LogP contribution >= 0.6 is 46.0 Å². The van der Waals surface area contributed by atoms with Gasteiger partial charge < -0.3 is 9.47 Å². The van der Waals surface area contributed by atoms with Crippen LogP contribution in [0.15, 0.2) is 71.6 Å². The van der Waals surface area contributed by atoms with E-state index in [1.807, 2.05) is 48.5 Å². The quantitative estimate of drug-likeness (QED) is 0.224. The summed E-state index contributed by atoms with van der Waals surface area (Å²) in [7, 11) is 1.56. The molecule has 0 N–H and O–H groups in total. The fourth-order valence-corrected chi connectivity index (χ4v) is 4.56. The Bertz CT molecular complexity index is 1210. The van der Waals surface area contributed by atoms with Crippen LogP contribution in [0.1, 0.15) is 16.7 Å². The van der Waals surface area contributed by atoms with Crippen molar-refractivity contribution >= 4 is 63.2 Å². The van der Waals surface area contributed by atoms with Crippen molar-refractivity contribution < 1.29 is 19.1 Å². The van der Waals surface area contributed by atoms with Gasteiger partial charge in [-0.25, -0.2) is 0 Å². The number of ether oxygens (including phenoxy) is 2. The maximum atomic E-state index is 13.0. The fourth-order valence-electron chi connectivity index (χ4n) is 3.25. The lowest BCUT2D eigenvalue weighted by atomic mass is 10.1. The first-order valence-corrected chi connectivity index (χ1v) is 12.3. The summed E-state index contributed by atoms with van der Waals surface area (Å²) >= 11 is 9.10. The van der Waals surface area contributed by atoms with Gasteiger partial charge >= 0.3 is 0 Å². The van der Waals surface area contributed by atoms with Crippen LogP contribution in [-0.4, -0.2) is 23.2 Å². The number of amides is 2. The van der Waals surface area contributed by atoms with Gasteiger partial charge in [-0.05, 0) is 81.9 Å². The second-order valence-electron chi connectivity index (χ2n) is 7.19. The summed E-state index contributed by atoms with van der Waals surface area (Å²) in [5, 5.41) is 0.356. The molecule has 4 rings (SSSR count). The number of methoxy groups -OCH3 is 1. The van der Waals surface area contributed by atoms with Crippen LogP contribution in [0.25, 0.3) is 6.08 Å². The van der Waals surface area contributed by atoms with Crippen LogP contribution in [0.3, 0.4) is 0 Å². The van der Waals surface area contributed by atoms with Gasteiger partial charge in [0, 0.05) is 14.2 Å². The molecule has 1 aliphatic heterocycles. The molecule has 5 nitrogen and oxygen atoms in total. The normalized spacial score (nSPS) is 14.8. The molecule has 2 amide bonds. The van der Waals surface area contributed by atoms with Crippen LogP contribution in [-0.2, 0) is 17.9 Å². The summed E-state index contributed by atoms with van der Waals surface area (Å²) in [6.07, 6.45) is 1.68. The Morgan fingerprint density at radius 1 is 1.00 bits per heavy atom. The number of para-hydroxylation sites is 1. The molecule has 3 aromatic carbocycles. The third-order valence-corrected chi connectivity index (χ3v) is 6.82. The number of imide groups is 1. The summed E-state index contributed by atoms with van der Waals surface area (Å²) in [5.41, 5.74) is 2.49. The molecular formula is C25H19ClINO4S. The van der Waals surface area contributed by atoms with Gasteiger partial charge in [0.25, 0.3) is 11.1 Å². The minimum atomic E-state index is -0.324. The molecule has 0 unspecified atom stereocenters. The number of hydrogen-bond acceptors (Lipinski definition) is 5. The van der Waals surface area contributed by atoms with E-state index in [-0.39, 0.29) is 17.7 Å². The van der Waals surface area contributed by atoms with Crippen molar-refractivity contribution in [1.82, 2.24) is 4.90 Å². The van der Waals surface area contributed by atoms with Gasteiger partial charge in [0.15, 0.2) is 11.5 Å². The molecule has 3 aromatic rings. The highest BCUT2D eigenvalue weighted by molar-refractivity contribution is 14.1.